The Balaban J connectivity index is 1.25. The van der Waals surface area contributed by atoms with Gasteiger partial charge < -0.3 is 19.3 Å². The molecule has 1 aliphatic heterocycles. The van der Waals surface area contributed by atoms with Gasteiger partial charge in [0.15, 0.2) is 6.10 Å². The van der Waals surface area contributed by atoms with Crippen LogP contribution in [0.4, 0.5) is 0 Å². The first-order valence-corrected chi connectivity index (χ1v) is 13.0. The Kier molecular flexibility index (Phi) is 9.18. The van der Waals surface area contributed by atoms with Crippen molar-refractivity contribution in [3.8, 4) is 0 Å². The van der Waals surface area contributed by atoms with E-state index in [1.165, 1.54) is 24.8 Å². The minimum atomic E-state index is -0.842. The van der Waals surface area contributed by atoms with Crippen molar-refractivity contribution >= 4 is 5.97 Å². The highest BCUT2D eigenvalue weighted by molar-refractivity contribution is 5.72. The van der Waals surface area contributed by atoms with E-state index in [1.54, 1.807) is 0 Å². The van der Waals surface area contributed by atoms with Crippen LogP contribution in [0, 0.1) is 5.92 Å². The molecule has 1 aromatic rings. The lowest BCUT2D eigenvalue weighted by molar-refractivity contribution is -0.163. The summed E-state index contributed by atoms with van der Waals surface area (Å²) in [6.07, 6.45) is 9.60. The smallest absolute Gasteiger partial charge is 0.332 e. The molecule has 0 aromatic heterocycles. The van der Waals surface area contributed by atoms with Gasteiger partial charge >= 0.3 is 5.97 Å². The number of benzene rings is 1. The van der Waals surface area contributed by atoms with Gasteiger partial charge in [-0.2, -0.15) is 0 Å². The van der Waals surface area contributed by atoms with Crippen LogP contribution in [-0.2, 0) is 25.5 Å². The van der Waals surface area contributed by atoms with Gasteiger partial charge in [0.1, 0.15) is 0 Å². The number of nitrogens with zero attached hydrogens (tertiary/aromatic N) is 1. The molecule has 1 aromatic carbocycles. The predicted octanol–water partition coefficient (Wildman–Crippen LogP) is 4.65. The predicted molar refractivity (Wildman–Crippen MR) is 127 cm³/mol. The van der Waals surface area contributed by atoms with Crippen molar-refractivity contribution in [2.45, 2.75) is 102 Å². The topological polar surface area (TPSA) is 68.2 Å². The summed E-state index contributed by atoms with van der Waals surface area (Å²) in [6, 6.07) is 11.3. The molecule has 0 bridgehead atoms. The third-order valence-electron chi connectivity index (χ3n) is 7.67. The Bertz CT molecular complexity index is 720. The Morgan fingerprint density at radius 3 is 2.61 bits per heavy atom. The van der Waals surface area contributed by atoms with Crippen molar-refractivity contribution in [2.24, 2.45) is 5.92 Å². The van der Waals surface area contributed by atoms with Crippen molar-refractivity contribution < 1.29 is 24.1 Å². The van der Waals surface area contributed by atoms with Gasteiger partial charge in [0.05, 0.1) is 24.9 Å². The highest BCUT2D eigenvalue weighted by Crippen LogP contribution is 2.33. The van der Waals surface area contributed by atoms with Crippen LogP contribution in [0.3, 0.4) is 0 Å². The van der Waals surface area contributed by atoms with E-state index in [-0.39, 0.29) is 12.2 Å². The van der Waals surface area contributed by atoms with Crippen molar-refractivity contribution in [3.05, 3.63) is 35.9 Å². The first kappa shape index (κ1) is 24.6. The zero-order valence-electron chi connectivity index (χ0n) is 20.1. The SMILES string of the molecule is CCOC(CC1CCC(OCC2CN(Cc3ccccc3)C3CCCCC3O2)CC1)C(=O)O. The van der Waals surface area contributed by atoms with Crippen LogP contribution in [0.2, 0.25) is 0 Å². The number of ether oxygens (including phenoxy) is 3. The van der Waals surface area contributed by atoms with Crippen molar-refractivity contribution in [1.82, 2.24) is 4.90 Å². The van der Waals surface area contributed by atoms with E-state index in [0.29, 0.717) is 37.7 Å². The Morgan fingerprint density at radius 2 is 1.88 bits per heavy atom. The second kappa shape index (κ2) is 12.3. The molecule has 2 saturated carbocycles. The van der Waals surface area contributed by atoms with Gasteiger partial charge in [-0.05, 0) is 63.4 Å². The number of morpholine rings is 1. The van der Waals surface area contributed by atoms with Crippen LogP contribution in [0.5, 0.6) is 0 Å². The molecule has 2 aliphatic carbocycles. The van der Waals surface area contributed by atoms with Crippen molar-refractivity contribution in [3.63, 3.8) is 0 Å². The maximum absolute atomic E-state index is 11.4. The van der Waals surface area contributed by atoms with Crippen LogP contribution < -0.4 is 0 Å². The summed E-state index contributed by atoms with van der Waals surface area (Å²) in [5.41, 5.74) is 1.37. The molecule has 6 heteroatoms. The minimum absolute atomic E-state index is 0.125. The number of carbonyl (C=O) groups is 1. The third kappa shape index (κ3) is 7.01. The van der Waals surface area contributed by atoms with Gasteiger partial charge in [0.2, 0.25) is 0 Å². The molecule has 0 amide bonds. The van der Waals surface area contributed by atoms with Crippen LogP contribution in [0.1, 0.15) is 70.3 Å². The fraction of sp³-hybridized carbons (Fsp3) is 0.741. The highest BCUT2D eigenvalue weighted by atomic mass is 16.5. The minimum Gasteiger partial charge on any atom is -0.479 e. The van der Waals surface area contributed by atoms with Crippen molar-refractivity contribution in [1.29, 1.82) is 0 Å². The highest BCUT2D eigenvalue weighted by Gasteiger charge is 2.38. The number of aliphatic carboxylic acids is 1. The number of hydrogen-bond acceptors (Lipinski definition) is 5. The summed E-state index contributed by atoms with van der Waals surface area (Å²) in [6.45, 7) is 4.86. The maximum atomic E-state index is 11.4. The second-order valence-corrected chi connectivity index (χ2v) is 10.1. The van der Waals surface area contributed by atoms with E-state index >= 15 is 0 Å². The van der Waals surface area contributed by atoms with Crippen LogP contribution in [-0.4, -0.2) is 66.2 Å². The quantitative estimate of drug-likeness (QED) is 0.549. The third-order valence-corrected chi connectivity index (χ3v) is 7.67. The molecule has 3 aliphatic rings. The van der Waals surface area contributed by atoms with E-state index < -0.39 is 12.1 Å². The van der Waals surface area contributed by atoms with E-state index in [0.717, 1.165) is 45.2 Å². The van der Waals surface area contributed by atoms with Gasteiger partial charge in [-0.3, -0.25) is 4.90 Å². The average molecular weight is 460 g/mol. The fourth-order valence-electron chi connectivity index (χ4n) is 5.95. The van der Waals surface area contributed by atoms with Gasteiger partial charge in [-0.1, -0.05) is 43.2 Å². The molecule has 0 spiro atoms. The zero-order chi connectivity index (χ0) is 23.0. The average Bonchev–Trinajstić information content (AvgIpc) is 2.84. The first-order chi connectivity index (χ1) is 16.1. The summed E-state index contributed by atoms with van der Waals surface area (Å²) >= 11 is 0. The molecular weight excluding hydrogens is 418 g/mol. The lowest BCUT2D eigenvalue weighted by atomic mass is 9.84. The lowest BCUT2D eigenvalue weighted by Gasteiger charge is -2.47. The first-order valence-electron chi connectivity index (χ1n) is 13.0. The maximum Gasteiger partial charge on any atom is 0.332 e. The van der Waals surface area contributed by atoms with E-state index in [9.17, 15) is 9.90 Å². The van der Waals surface area contributed by atoms with Gasteiger partial charge in [-0.15, -0.1) is 0 Å². The molecule has 4 rings (SSSR count). The van der Waals surface area contributed by atoms with Gasteiger partial charge in [-0.25, -0.2) is 4.79 Å². The summed E-state index contributed by atoms with van der Waals surface area (Å²) in [5, 5.41) is 9.34. The Morgan fingerprint density at radius 1 is 1.12 bits per heavy atom. The second-order valence-electron chi connectivity index (χ2n) is 10.1. The molecular formula is C27H41NO5. The fourth-order valence-corrected chi connectivity index (χ4v) is 5.95. The summed E-state index contributed by atoms with van der Waals surface area (Å²) < 4.78 is 18.3. The van der Waals surface area contributed by atoms with E-state index in [2.05, 4.69) is 35.2 Å². The molecule has 4 atom stereocenters. The molecule has 0 radical (unpaired) electrons. The Hall–Kier alpha value is -1.47. The molecule has 184 valence electrons. The van der Waals surface area contributed by atoms with Crippen LogP contribution in [0.25, 0.3) is 0 Å². The molecule has 6 nitrogen and oxygen atoms in total. The number of carboxylic acid groups (broad SMARTS) is 1. The van der Waals surface area contributed by atoms with E-state index in [4.69, 9.17) is 14.2 Å². The zero-order valence-corrected chi connectivity index (χ0v) is 20.1. The monoisotopic (exact) mass is 459 g/mol. The van der Waals surface area contributed by atoms with Crippen LogP contribution in [0.15, 0.2) is 30.3 Å². The molecule has 4 unspecified atom stereocenters. The number of carboxylic acids is 1. The number of rotatable bonds is 10. The normalized spacial score (nSPS) is 31.6. The molecule has 33 heavy (non-hydrogen) atoms. The van der Waals surface area contributed by atoms with Crippen LogP contribution >= 0.6 is 0 Å². The molecule has 3 fully saturated rings. The summed E-state index contributed by atoms with van der Waals surface area (Å²) in [7, 11) is 0. The van der Waals surface area contributed by atoms with E-state index in [1.807, 2.05) is 6.92 Å². The number of hydrogen-bond donors (Lipinski definition) is 1. The molecule has 1 N–H and O–H groups in total. The van der Waals surface area contributed by atoms with Crippen molar-refractivity contribution in [2.75, 3.05) is 19.8 Å². The van der Waals surface area contributed by atoms with Gasteiger partial charge in [0.25, 0.3) is 0 Å². The number of fused-ring (bicyclic) bond motifs is 1. The van der Waals surface area contributed by atoms with Gasteiger partial charge in [0, 0.05) is 25.7 Å². The molecule has 1 saturated heterocycles. The summed E-state index contributed by atoms with van der Waals surface area (Å²) in [4.78, 5) is 14.0. The largest absolute Gasteiger partial charge is 0.479 e. The molecule has 1 heterocycles. The standard InChI is InChI=1S/C27H41NO5/c1-2-31-26(27(29)30)16-20-12-14-22(15-13-20)32-19-23-18-28(17-21-8-4-3-5-9-21)24-10-6-7-11-25(24)33-23/h3-5,8-9,20,22-26H,2,6-7,10-19H2,1H3,(H,29,30). The summed E-state index contributed by atoms with van der Waals surface area (Å²) in [5.74, 6) is -0.432. The lowest BCUT2D eigenvalue weighted by Crippen LogP contribution is -2.56. The Labute approximate surface area is 198 Å².